The molecule has 0 saturated heterocycles. The van der Waals surface area contributed by atoms with E-state index in [4.69, 9.17) is 21.7 Å². The summed E-state index contributed by atoms with van der Waals surface area (Å²) in [7, 11) is 0. The second-order valence-corrected chi connectivity index (χ2v) is 4.69. The number of anilines is 2. The molecule has 0 aromatic heterocycles. The van der Waals surface area contributed by atoms with E-state index >= 15 is 0 Å². The molecule has 0 aliphatic carbocycles. The summed E-state index contributed by atoms with van der Waals surface area (Å²) >= 11 is 0. The Morgan fingerprint density at radius 3 is 1.45 bits per heavy atom. The van der Waals surface area contributed by atoms with Gasteiger partial charge in [0.15, 0.2) is 0 Å². The zero-order chi connectivity index (χ0) is 16.4. The highest BCUT2D eigenvalue weighted by molar-refractivity contribution is 5.96. The first kappa shape index (κ1) is 15.1. The van der Waals surface area contributed by atoms with Gasteiger partial charge in [0, 0.05) is 11.4 Å². The number of benzene rings is 2. The van der Waals surface area contributed by atoms with Gasteiger partial charge in [0.05, 0.1) is 11.1 Å². The number of hydrogen-bond acceptors (Lipinski definition) is 4. The van der Waals surface area contributed by atoms with Gasteiger partial charge in [-0.25, -0.2) is 9.59 Å². The van der Waals surface area contributed by atoms with Gasteiger partial charge in [-0.1, -0.05) is 18.7 Å². The van der Waals surface area contributed by atoms with E-state index in [1.807, 2.05) is 0 Å². The molecule has 2 aromatic carbocycles. The molecule has 0 unspecified atom stereocenters. The monoisotopic (exact) mass is 298 g/mol. The van der Waals surface area contributed by atoms with Gasteiger partial charge in [0.1, 0.15) is 0 Å². The Bertz CT molecular complexity index is 731. The highest BCUT2D eigenvalue weighted by Crippen LogP contribution is 2.27. The summed E-state index contributed by atoms with van der Waals surface area (Å²) < 4.78 is 0. The molecular weight excluding hydrogens is 284 g/mol. The van der Waals surface area contributed by atoms with Crippen LogP contribution in [-0.4, -0.2) is 22.2 Å². The molecule has 0 radical (unpaired) electrons. The maximum atomic E-state index is 10.9. The Hall–Kier alpha value is -3.28. The Balaban J connectivity index is 2.40. The molecule has 0 heterocycles. The smallest absolute Gasteiger partial charge is 0.337 e. The molecule has 0 saturated carbocycles. The number of aromatic carboxylic acids is 2. The first-order valence-electron chi connectivity index (χ1n) is 6.26. The van der Waals surface area contributed by atoms with Gasteiger partial charge < -0.3 is 21.7 Å². The van der Waals surface area contributed by atoms with Crippen molar-refractivity contribution in [2.24, 2.45) is 0 Å². The third-order valence-corrected chi connectivity index (χ3v) is 3.26. The second kappa shape index (κ2) is 5.61. The fourth-order valence-electron chi connectivity index (χ4n) is 2.06. The molecule has 2 rings (SSSR count). The lowest BCUT2D eigenvalue weighted by atomic mass is 9.96. The zero-order valence-corrected chi connectivity index (χ0v) is 11.5. The van der Waals surface area contributed by atoms with Crippen LogP contribution in [0, 0.1) is 0 Å². The van der Waals surface area contributed by atoms with Gasteiger partial charge in [-0.3, -0.25) is 0 Å². The maximum Gasteiger partial charge on any atom is 0.337 e. The third kappa shape index (κ3) is 2.76. The van der Waals surface area contributed by atoms with Crippen LogP contribution in [0.3, 0.4) is 0 Å². The van der Waals surface area contributed by atoms with Crippen molar-refractivity contribution in [1.82, 2.24) is 0 Å². The number of nitrogen functional groups attached to an aromatic ring is 2. The summed E-state index contributed by atoms with van der Waals surface area (Å²) in [5.74, 6) is -2.21. The second-order valence-electron chi connectivity index (χ2n) is 4.69. The first-order chi connectivity index (χ1) is 10.3. The van der Waals surface area contributed by atoms with E-state index in [0.717, 1.165) is 0 Å². The van der Waals surface area contributed by atoms with E-state index in [1.54, 1.807) is 12.1 Å². The Kier molecular flexibility index (Phi) is 3.85. The minimum atomic E-state index is -1.11. The Morgan fingerprint density at radius 2 is 1.18 bits per heavy atom. The molecule has 0 spiro atoms. The first-order valence-corrected chi connectivity index (χ1v) is 6.26. The van der Waals surface area contributed by atoms with Crippen LogP contribution < -0.4 is 11.5 Å². The van der Waals surface area contributed by atoms with Crippen molar-refractivity contribution in [2.75, 3.05) is 11.5 Å². The molecule has 6 heteroatoms. The fraction of sp³-hybridized carbons (Fsp3) is 0. The molecule has 0 amide bonds. The van der Waals surface area contributed by atoms with E-state index in [0.29, 0.717) is 16.7 Å². The minimum Gasteiger partial charge on any atom is -0.478 e. The van der Waals surface area contributed by atoms with Crippen molar-refractivity contribution in [1.29, 1.82) is 0 Å². The lowest BCUT2D eigenvalue weighted by Gasteiger charge is -2.10. The topological polar surface area (TPSA) is 127 Å². The SMILES string of the molecule is C=C(c1ccc(C(=O)O)c(N)c1)c1ccc(C(=O)O)c(N)c1. The number of hydrogen-bond donors (Lipinski definition) is 4. The number of carboxylic acids is 2. The van der Waals surface area contributed by atoms with Gasteiger partial charge in [0.2, 0.25) is 0 Å². The molecule has 6 N–H and O–H groups in total. The van der Waals surface area contributed by atoms with E-state index in [2.05, 4.69) is 6.58 Å². The highest BCUT2D eigenvalue weighted by atomic mass is 16.4. The minimum absolute atomic E-state index is 0.0114. The van der Waals surface area contributed by atoms with Crippen LogP contribution in [0.15, 0.2) is 43.0 Å². The zero-order valence-electron chi connectivity index (χ0n) is 11.5. The van der Waals surface area contributed by atoms with Crippen molar-refractivity contribution >= 4 is 28.9 Å². The van der Waals surface area contributed by atoms with Crippen LogP contribution in [0.5, 0.6) is 0 Å². The summed E-state index contributed by atoms with van der Waals surface area (Å²) in [4.78, 5) is 21.9. The molecule has 0 atom stereocenters. The molecule has 0 aliphatic heterocycles. The average Bonchev–Trinajstić information content (AvgIpc) is 2.45. The molecule has 0 bridgehead atoms. The van der Waals surface area contributed by atoms with Crippen molar-refractivity contribution in [3.8, 4) is 0 Å². The van der Waals surface area contributed by atoms with Gasteiger partial charge in [-0.05, 0) is 41.0 Å². The Labute approximate surface area is 126 Å². The molecule has 6 nitrogen and oxygen atoms in total. The lowest BCUT2D eigenvalue weighted by Crippen LogP contribution is -2.04. The number of rotatable bonds is 4. The summed E-state index contributed by atoms with van der Waals surface area (Å²) in [6.45, 7) is 3.92. The summed E-state index contributed by atoms with van der Waals surface area (Å²) in [6, 6.07) is 8.98. The largest absolute Gasteiger partial charge is 0.478 e. The molecular formula is C16H14N2O4. The van der Waals surface area contributed by atoms with Crippen LogP contribution in [0.1, 0.15) is 31.8 Å². The maximum absolute atomic E-state index is 10.9. The summed E-state index contributed by atoms with van der Waals surface area (Å²) in [5.41, 5.74) is 13.5. The predicted octanol–water partition coefficient (Wildman–Crippen LogP) is 2.31. The fourth-order valence-corrected chi connectivity index (χ4v) is 2.06. The highest BCUT2D eigenvalue weighted by Gasteiger charge is 2.12. The predicted molar refractivity (Wildman–Crippen MR) is 83.8 cm³/mol. The summed E-state index contributed by atoms with van der Waals surface area (Å²) in [5, 5.41) is 17.9. The van der Waals surface area contributed by atoms with Gasteiger partial charge in [-0.2, -0.15) is 0 Å². The van der Waals surface area contributed by atoms with Gasteiger partial charge >= 0.3 is 11.9 Å². The standard InChI is InChI=1S/C16H14N2O4/c1-8(9-2-4-11(15(19)20)13(17)6-9)10-3-5-12(16(21)22)14(18)7-10/h2-7H,1,17-18H2,(H,19,20)(H,21,22). The average molecular weight is 298 g/mol. The molecule has 22 heavy (non-hydrogen) atoms. The van der Waals surface area contributed by atoms with Gasteiger partial charge in [0.25, 0.3) is 0 Å². The molecule has 0 aliphatic rings. The van der Waals surface area contributed by atoms with Crippen LogP contribution >= 0.6 is 0 Å². The third-order valence-electron chi connectivity index (χ3n) is 3.26. The van der Waals surface area contributed by atoms with E-state index in [-0.39, 0.29) is 22.5 Å². The van der Waals surface area contributed by atoms with E-state index in [9.17, 15) is 9.59 Å². The van der Waals surface area contributed by atoms with E-state index < -0.39 is 11.9 Å². The number of carboxylic acid groups (broad SMARTS) is 2. The van der Waals surface area contributed by atoms with Crippen molar-refractivity contribution in [3.05, 3.63) is 65.2 Å². The van der Waals surface area contributed by atoms with E-state index in [1.165, 1.54) is 24.3 Å². The quantitative estimate of drug-likeness (QED) is 0.641. The van der Waals surface area contributed by atoms with Crippen molar-refractivity contribution in [3.63, 3.8) is 0 Å². The van der Waals surface area contributed by atoms with Crippen LogP contribution in [0.2, 0.25) is 0 Å². The summed E-state index contributed by atoms with van der Waals surface area (Å²) in [6.07, 6.45) is 0. The molecule has 0 fully saturated rings. The number of nitrogens with two attached hydrogens (primary N) is 2. The van der Waals surface area contributed by atoms with Crippen LogP contribution in [0.4, 0.5) is 11.4 Å². The molecule has 2 aromatic rings. The van der Waals surface area contributed by atoms with Crippen LogP contribution in [0.25, 0.3) is 5.57 Å². The lowest BCUT2D eigenvalue weighted by molar-refractivity contribution is 0.0687. The molecule has 112 valence electrons. The number of carbonyl (C=O) groups is 2. The van der Waals surface area contributed by atoms with Crippen molar-refractivity contribution in [2.45, 2.75) is 0 Å². The van der Waals surface area contributed by atoms with Gasteiger partial charge in [-0.15, -0.1) is 0 Å². The van der Waals surface area contributed by atoms with Crippen molar-refractivity contribution < 1.29 is 19.8 Å². The van der Waals surface area contributed by atoms with Crippen LogP contribution in [-0.2, 0) is 0 Å². The Morgan fingerprint density at radius 1 is 0.818 bits per heavy atom. The normalized spacial score (nSPS) is 10.2.